The Labute approximate surface area is 399 Å². The van der Waals surface area contributed by atoms with Crippen LogP contribution in [0.5, 0.6) is 0 Å². The van der Waals surface area contributed by atoms with E-state index in [1.165, 1.54) is 218 Å². The van der Waals surface area contributed by atoms with E-state index in [9.17, 15) is 19.8 Å². The topological polar surface area (TPSA) is 95.9 Å². The molecule has 0 saturated heterocycles. The summed E-state index contributed by atoms with van der Waals surface area (Å²) in [5.74, 6) is -0.0848. The van der Waals surface area contributed by atoms with Gasteiger partial charge in [0.25, 0.3) is 0 Å². The van der Waals surface area contributed by atoms with E-state index in [1.54, 1.807) is 6.08 Å². The van der Waals surface area contributed by atoms with Crippen LogP contribution in [0.4, 0.5) is 0 Å². The van der Waals surface area contributed by atoms with Gasteiger partial charge in [-0.2, -0.15) is 0 Å². The van der Waals surface area contributed by atoms with Gasteiger partial charge in [-0.1, -0.05) is 263 Å². The van der Waals surface area contributed by atoms with Crippen LogP contribution in [0.1, 0.15) is 309 Å². The van der Waals surface area contributed by atoms with E-state index in [2.05, 4.69) is 31.3 Å². The molecule has 6 heteroatoms. The molecule has 1 amide bonds. The zero-order valence-electron chi connectivity index (χ0n) is 43.0. The highest BCUT2D eigenvalue weighted by Crippen LogP contribution is 2.16. The van der Waals surface area contributed by atoms with Crippen LogP contribution in [0.2, 0.25) is 0 Å². The second-order valence-corrected chi connectivity index (χ2v) is 19.6. The minimum atomic E-state index is -0.854. The molecule has 3 N–H and O–H groups in total. The molecule has 0 radical (unpaired) electrons. The van der Waals surface area contributed by atoms with Crippen molar-refractivity contribution in [3.05, 3.63) is 24.3 Å². The maximum atomic E-state index is 12.5. The first-order chi connectivity index (χ1) is 31.5. The van der Waals surface area contributed by atoms with Crippen LogP contribution >= 0.6 is 0 Å². The van der Waals surface area contributed by atoms with E-state index >= 15 is 0 Å². The number of unbranched alkanes of at least 4 members (excludes halogenated alkanes) is 40. The smallest absolute Gasteiger partial charge is 0.305 e. The Morgan fingerprint density at radius 3 is 1.11 bits per heavy atom. The van der Waals surface area contributed by atoms with Gasteiger partial charge >= 0.3 is 5.97 Å². The van der Waals surface area contributed by atoms with Crippen LogP contribution in [0.25, 0.3) is 0 Å². The van der Waals surface area contributed by atoms with Crippen LogP contribution in [0.3, 0.4) is 0 Å². The molecule has 6 nitrogen and oxygen atoms in total. The van der Waals surface area contributed by atoms with Gasteiger partial charge in [-0.25, -0.2) is 0 Å². The van der Waals surface area contributed by atoms with Gasteiger partial charge in [0.1, 0.15) is 0 Å². The van der Waals surface area contributed by atoms with Crippen molar-refractivity contribution in [1.82, 2.24) is 5.32 Å². The van der Waals surface area contributed by atoms with E-state index in [0.717, 1.165) is 64.2 Å². The van der Waals surface area contributed by atoms with Crippen molar-refractivity contribution in [1.29, 1.82) is 0 Å². The first-order valence-corrected chi connectivity index (χ1v) is 28.6. The van der Waals surface area contributed by atoms with Crippen LogP contribution in [-0.4, -0.2) is 47.4 Å². The second-order valence-electron chi connectivity index (χ2n) is 19.6. The van der Waals surface area contributed by atoms with Crippen molar-refractivity contribution in [2.75, 3.05) is 13.2 Å². The molecule has 64 heavy (non-hydrogen) atoms. The molecule has 0 rings (SSSR count). The lowest BCUT2D eigenvalue weighted by molar-refractivity contribution is -0.143. The summed E-state index contributed by atoms with van der Waals surface area (Å²) < 4.78 is 5.47. The van der Waals surface area contributed by atoms with Crippen molar-refractivity contribution in [3.8, 4) is 0 Å². The minimum Gasteiger partial charge on any atom is -0.466 e. The molecule has 0 aliphatic heterocycles. The number of ether oxygens (including phenoxy) is 1. The molecule has 0 heterocycles. The number of aliphatic hydroxyl groups excluding tert-OH is 2. The predicted molar refractivity (Wildman–Crippen MR) is 278 cm³/mol. The quantitative estimate of drug-likeness (QED) is 0.0321. The molecule has 2 atom stereocenters. The molecule has 0 aromatic rings. The molecule has 0 aromatic carbocycles. The molecule has 0 bridgehead atoms. The van der Waals surface area contributed by atoms with Crippen molar-refractivity contribution in [2.45, 2.75) is 321 Å². The van der Waals surface area contributed by atoms with Gasteiger partial charge in [0.05, 0.1) is 25.4 Å². The third kappa shape index (κ3) is 49.8. The standard InChI is InChI=1S/C58H111NO5/c1-3-5-7-9-11-13-15-17-19-20-23-26-30-34-38-42-46-50-56(61)55(54-60)59-57(62)51-47-43-39-35-31-27-24-21-22-25-29-33-37-41-45-49-53-64-58(63)52-48-44-40-36-32-28-18-16-14-12-10-8-6-4-2/h21,24,46,50,55-56,60-61H,3-20,22-23,25-45,47-49,51-54H2,1-2H3,(H,59,62)/b24-21-,50-46+. The molecule has 0 aromatic heterocycles. The zero-order valence-corrected chi connectivity index (χ0v) is 43.0. The lowest BCUT2D eigenvalue weighted by atomic mass is 10.0. The summed E-state index contributed by atoms with van der Waals surface area (Å²) in [6.45, 7) is 4.89. The van der Waals surface area contributed by atoms with Gasteiger partial charge in [-0.3, -0.25) is 9.59 Å². The van der Waals surface area contributed by atoms with Crippen LogP contribution in [0, 0.1) is 0 Å². The van der Waals surface area contributed by atoms with Crippen molar-refractivity contribution < 1.29 is 24.5 Å². The van der Waals surface area contributed by atoms with Crippen LogP contribution < -0.4 is 5.32 Å². The van der Waals surface area contributed by atoms with E-state index in [4.69, 9.17) is 4.74 Å². The Kier molecular flexibility index (Phi) is 52.6. The highest BCUT2D eigenvalue weighted by Gasteiger charge is 2.18. The Morgan fingerprint density at radius 1 is 0.422 bits per heavy atom. The molecule has 378 valence electrons. The lowest BCUT2D eigenvalue weighted by Gasteiger charge is -2.20. The molecular weight excluding hydrogens is 791 g/mol. The molecule has 0 spiro atoms. The second kappa shape index (κ2) is 54.0. The van der Waals surface area contributed by atoms with Crippen molar-refractivity contribution in [3.63, 3.8) is 0 Å². The maximum Gasteiger partial charge on any atom is 0.305 e. The Bertz CT molecular complexity index is 997. The maximum absolute atomic E-state index is 12.5. The van der Waals surface area contributed by atoms with Crippen molar-refractivity contribution in [2.24, 2.45) is 0 Å². The fraction of sp³-hybridized carbons (Fsp3) is 0.897. The Morgan fingerprint density at radius 2 is 0.734 bits per heavy atom. The van der Waals surface area contributed by atoms with E-state index in [0.29, 0.717) is 19.4 Å². The predicted octanol–water partition coefficient (Wildman–Crippen LogP) is 17.5. The molecule has 0 aliphatic rings. The third-order valence-corrected chi connectivity index (χ3v) is 13.2. The summed E-state index contributed by atoms with van der Waals surface area (Å²) in [5, 5.41) is 23.1. The SMILES string of the molecule is CCCCCCCCCCCCCCCCC/C=C/C(O)C(CO)NC(=O)CCCCCCC/C=C\CCCCCCCCCOC(=O)CCCCCCCCCCCCCCCC. The zero-order chi connectivity index (χ0) is 46.5. The first kappa shape index (κ1) is 62.3. The van der Waals surface area contributed by atoms with Gasteiger partial charge in [0.2, 0.25) is 5.91 Å². The summed E-state index contributed by atoms with van der Waals surface area (Å²) in [4.78, 5) is 24.5. The number of hydrogen-bond acceptors (Lipinski definition) is 5. The number of amides is 1. The Balaban J connectivity index is 3.49. The molecule has 2 unspecified atom stereocenters. The number of carbonyl (C=O) groups excluding carboxylic acids is 2. The molecule has 0 saturated carbocycles. The Hall–Kier alpha value is -1.66. The number of carbonyl (C=O) groups is 2. The first-order valence-electron chi connectivity index (χ1n) is 28.6. The van der Waals surface area contributed by atoms with Gasteiger partial charge < -0.3 is 20.3 Å². The summed E-state index contributed by atoms with van der Waals surface area (Å²) in [6, 6.07) is -0.640. The number of allylic oxidation sites excluding steroid dienone is 3. The lowest BCUT2D eigenvalue weighted by Crippen LogP contribution is -2.45. The summed E-state index contributed by atoms with van der Waals surface area (Å²) in [5.41, 5.74) is 0. The number of esters is 1. The van der Waals surface area contributed by atoms with Gasteiger partial charge in [-0.05, 0) is 57.8 Å². The van der Waals surface area contributed by atoms with Gasteiger partial charge in [-0.15, -0.1) is 0 Å². The highest BCUT2D eigenvalue weighted by molar-refractivity contribution is 5.76. The molecular formula is C58H111NO5. The average Bonchev–Trinajstić information content (AvgIpc) is 3.29. The normalized spacial score (nSPS) is 12.8. The number of rotatable bonds is 53. The van der Waals surface area contributed by atoms with Crippen LogP contribution in [-0.2, 0) is 14.3 Å². The van der Waals surface area contributed by atoms with Gasteiger partial charge in [0.15, 0.2) is 0 Å². The number of nitrogens with one attached hydrogen (secondary N) is 1. The molecule has 0 aliphatic carbocycles. The fourth-order valence-electron chi connectivity index (χ4n) is 8.81. The summed E-state index contributed by atoms with van der Waals surface area (Å²) >= 11 is 0. The van der Waals surface area contributed by atoms with Crippen LogP contribution in [0.15, 0.2) is 24.3 Å². The monoisotopic (exact) mass is 902 g/mol. The number of hydrogen-bond donors (Lipinski definition) is 3. The third-order valence-electron chi connectivity index (χ3n) is 13.2. The van der Waals surface area contributed by atoms with Crippen molar-refractivity contribution >= 4 is 11.9 Å². The minimum absolute atomic E-state index is 0.00145. The van der Waals surface area contributed by atoms with E-state index < -0.39 is 12.1 Å². The van der Waals surface area contributed by atoms with Gasteiger partial charge in [0, 0.05) is 12.8 Å². The molecule has 0 fully saturated rings. The summed E-state index contributed by atoms with van der Waals surface area (Å²) in [7, 11) is 0. The van der Waals surface area contributed by atoms with E-state index in [1.807, 2.05) is 6.08 Å². The fourth-order valence-corrected chi connectivity index (χ4v) is 8.81. The van der Waals surface area contributed by atoms with E-state index in [-0.39, 0.29) is 18.5 Å². The largest absolute Gasteiger partial charge is 0.466 e. The summed E-state index contributed by atoms with van der Waals surface area (Å²) in [6.07, 6.45) is 64.8. The average molecular weight is 903 g/mol. The number of aliphatic hydroxyl groups is 2. The highest BCUT2D eigenvalue weighted by atomic mass is 16.5.